The molecule has 2 aromatic rings. The molecule has 0 N–H and O–H groups in total. The molecule has 0 saturated carbocycles. The van der Waals surface area contributed by atoms with E-state index in [0.717, 1.165) is 18.0 Å². The first kappa shape index (κ1) is 14.3. The molecule has 0 fully saturated rings. The number of rotatable bonds is 4. The first-order valence-electron chi connectivity index (χ1n) is 6.13. The molecule has 0 bridgehead atoms. The number of aryl methyl sites for hydroxylation is 1. The predicted molar refractivity (Wildman–Crippen MR) is 68.1 cm³/mol. The number of imidazole rings is 1. The van der Waals surface area contributed by atoms with Crippen LogP contribution in [0.15, 0.2) is 30.5 Å². The SMILES string of the molecule is CCn1cc(C(F)(F)F)nc1-c1ccc(CC=O)cc1. The number of carbonyl (C=O) groups excluding carboxylic acids is 1. The average molecular weight is 282 g/mol. The molecular formula is C14H13F3N2O. The first-order valence-corrected chi connectivity index (χ1v) is 6.13. The van der Waals surface area contributed by atoms with Crippen molar-refractivity contribution in [3.05, 3.63) is 41.7 Å². The van der Waals surface area contributed by atoms with Gasteiger partial charge in [-0.15, -0.1) is 0 Å². The number of carbonyl (C=O) groups is 1. The van der Waals surface area contributed by atoms with Gasteiger partial charge < -0.3 is 9.36 Å². The highest BCUT2D eigenvalue weighted by Crippen LogP contribution is 2.31. The van der Waals surface area contributed by atoms with E-state index < -0.39 is 11.9 Å². The van der Waals surface area contributed by atoms with Crippen molar-refractivity contribution in [3.8, 4) is 11.4 Å². The summed E-state index contributed by atoms with van der Waals surface area (Å²) in [5, 5.41) is 0. The Balaban J connectivity index is 2.40. The maximum atomic E-state index is 12.7. The van der Waals surface area contributed by atoms with Gasteiger partial charge in [0, 0.05) is 24.7 Å². The van der Waals surface area contributed by atoms with E-state index in [4.69, 9.17) is 0 Å². The number of benzene rings is 1. The van der Waals surface area contributed by atoms with Crippen LogP contribution in [-0.2, 0) is 23.9 Å². The largest absolute Gasteiger partial charge is 0.434 e. The highest BCUT2D eigenvalue weighted by Gasteiger charge is 2.34. The molecule has 0 aliphatic rings. The fraction of sp³-hybridized carbons (Fsp3) is 0.286. The van der Waals surface area contributed by atoms with Crippen molar-refractivity contribution in [1.82, 2.24) is 9.55 Å². The van der Waals surface area contributed by atoms with Crippen molar-refractivity contribution < 1.29 is 18.0 Å². The van der Waals surface area contributed by atoms with Gasteiger partial charge in [-0.3, -0.25) is 0 Å². The molecule has 1 heterocycles. The number of aromatic nitrogens is 2. The molecule has 0 aliphatic heterocycles. The highest BCUT2D eigenvalue weighted by molar-refractivity contribution is 5.60. The summed E-state index contributed by atoms with van der Waals surface area (Å²) in [4.78, 5) is 14.1. The van der Waals surface area contributed by atoms with E-state index in [-0.39, 0.29) is 12.2 Å². The monoisotopic (exact) mass is 282 g/mol. The van der Waals surface area contributed by atoms with E-state index in [0.29, 0.717) is 12.1 Å². The molecule has 0 unspecified atom stereocenters. The fourth-order valence-corrected chi connectivity index (χ4v) is 1.91. The molecule has 1 aromatic heterocycles. The van der Waals surface area contributed by atoms with Gasteiger partial charge in [-0.1, -0.05) is 24.3 Å². The first-order chi connectivity index (χ1) is 9.45. The zero-order chi connectivity index (χ0) is 14.8. The van der Waals surface area contributed by atoms with Gasteiger partial charge in [0.2, 0.25) is 0 Å². The standard InChI is InChI=1S/C14H13F3N2O/c1-2-19-9-12(14(15,16)17)18-13(19)11-5-3-10(4-6-11)7-8-20/h3-6,8-9H,2,7H2,1H3. The number of hydrogen-bond donors (Lipinski definition) is 0. The lowest BCUT2D eigenvalue weighted by molar-refractivity contribution is -0.140. The van der Waals surface area contributed by atoms with E-state index in [9.17, 15) is 18.0 Å². The molecule has 3 nitrogen and oxygen atoms in total. The second-order valence-corrected chi connectivity index (χ2v) is 4.30. The molecule has 20 heavy (non-hydrogen) atoms. The Labute approximate surface area is 114 Å². The van der Waals surface area contributed by atoms with Crippen molar-refractivity contribution in [2.75, 3.05) is 0 Å². The Morgan fingerprint density at radius 3 is 2.40 bits per heavy atom. The lowest BCUT2D eigenvalue weighted by Gasteiger charge is -2.05. The van der Waals surface area contributed by atoms with Crippen LogP contribution in [0.4, 0.5) is 13.2 Å². The summed E-state index contributed by atoms with van der Waals surface area (Å²) in [5.41, 5.74) is 0.512. The van der Waals surface area contributed by atoms with Crippen LogP contribution in [0.2, 0.25) is 0 Å². The van der Waals surface area contributed by atoms with Gasteiger partial charge >= 0.3 is 6.18 Å². The van der Waals surface area contributed by atoms with E-state index in [1.807, 2.05) is 0 Å². The van der Waals surface area contributed by atoms with Crippen molar-refractivity contribution in [1.29, 1.82) is 0 Å². The minimum atomic E-state index is -4.45. The van der Waals surface area contributed by atoms with Crippen LogP contribution in [-0.4, -0.2) is 15.8 Å². The summed E-state index contributed by atoms with van der Waals surface area (Å²) in [7, 11) is 0. The van der Waals surface area contributed by atoms with Gasteiger partial charge in [-0.25, -0.2) is 4.98 Å². The van der Waals surface area contributed by atoms with Crippen LogP contribution in [0, 0.1) is 0 Å². The summed E-state index contributed by atoms with van der Waals surface area (Å²) in [5.74, 6) is 0.275. The third-order valence-corrected chi connectivity index (χ3v) is 2.94. The summed E-state index contributed by atoms with van der Waals surface area (Å²) in [6, 6.07) is 6.78. The summed E-state index contributed by atoms with van der Waals surface area (Å²) in [6.07, 6.45) is -2.37. The van der Waals surface area contributed by atoms with E-state index in [1.165, 1.54) is 4.57 Å². The summed E-state index contributed by atoms with van der Waals surface area (Å²) >= 11 is 0. The molecule has 0 radical (unpaired) electrons. The van der Waals surface area contributed by atoms with Gasteiger partial charge in [-0.2, -0.15) is 13.2 Å². The zero-order valence-corrected chi connectivity index (χ0v) is 10.8. The molecule has 6 heteroatoms. The maximum Gasteiger partial charge on any atom is 0.434 e. The molecule has 0 spiro atoms. The molecular weight excluding hydrogens is 269 g/mol. The van der Waals surface area contributed by atoms with Gasteiger partial charge in [0.05, 0.1) is 0 Å². The Hall–Kier alpha value is -2.11. The van der Waals surface area contributed by atoms with Crippen LogP contribution in [0.25, 0.3) is 11.4 Å². The zero-order valence-electron chi connectivity index (χ0n) is 10.8. The number of halogens is 3. The van der Waals surface area contributed by atoms with Crippen LogP contribution in [0.5, 0.6) is 0 Å². The smallest absolute Gasteiger partial charge is 0.331 e. The lowest BCUT2D eigenvalue weighted by atomic mass is 10.1. The topological polar surface area (TPSA) is 34.9 Å². The van der Waals surface area contributed by atoms with Gasteiger partial charge in [-0.05, 0) is 12.5 Å². The molecule has 2 rings (SSSR count). The summed E-state index contributed by atoms with van der Waals surface area (Å²) in [6.45, 7) is 2.15. The Morgan fingerprint density at radius 1 is 1.25 bits per heavy atom. The second kappa shape index (κ2) is 5.48. The van der Waals surface area contributed by atoms with E-state index in [1.54, 1.807) is 31.2 Å². The second-order valence-electron chi connectivity index (χ2n) is 4.30. The predicted octanol–water partition coefficient (Wildman–Crippen LogP) is 3.33. The summed E-state index contributed by atoms with van der Waals surface area (Å²) < 4.78 is 39.5. The minimum Gasteiger partial charge on any atom is -0.331 e. The van der Waals surface area contributed by atoms with Crippen molar-refractivity contribution in [3.63, 3.8) is 0 Å². The fourth-order valence-electron chi connectivity index (χ4n) is 1.91. The van der Waals surface area contributed by atoms with Crippen molar-refractivity contribution >= 4 is 6.29 Å². The third-order valence-electron chi connectivity index (χ3n) is 2.94. The number of hydrogen-bond acceptors (Lipinski definition) is 2. The molecule has 1 aromatic carbocycles. The van der Waals surface area contributed by atoms with E-state index in [2.05, 4.69) is 4.98 Å². The van der Waals surface area contributed by atoms with Crippen LogP contribution < -0.4 is 0 Å². The quantitative estimate of drug-likeness (QED) is 0.806. The highest BCUT2D eigenvalue weighted by atomic mass is 19.4. The number of alkyl halides is 3. The lowest BCUT2D eigenvalue weighted by Crippen LogP contribution is -2.05. The number of nitrogens with zero attached hydrogens (tertiary/aromatic N) is 2. The molecule has 0 amide bonds. The van der Waals surface area contributed by atoms with Gasteiger partial charge in [0.25, 0.3) is 0 Å². The third kappa shape index (κ3) is 2.89. The Bertz CT molecular complexity index is 600. The minimum absolute atomic E-state index is 0.275. The van der Waals surface area contributed by atoms with Crippen LogP contribution >= 0.6 is 0 Å². The van der Waals surface area contributed by atoms with Gasteiger partial charge in [0.1, 0.15) is 12.1 Å². The average Bonchev–Trinajstić information content (AvgIpc) is 2.84. The Morgan fingerprint density at radius 2 is 1.90 bits per heavy atom. The molecule has 0 atom stereocenters. The normalized spacial score (nSPS) is 11.6. The molecule has 106 valence electrons. The van der Waals surface area contributed by atoms with Gasteiger partial charge in [0.15, 0.2) is 5.69 Å². The van der Waals surface area contributed by atoms with Crippen LogP contribution in [0.1, 0.15) is 18.2 Å². The molecule has 0 saturated heterocycles. The van der Waals surface area contributed by atoms with E-state index >= 15 is 0 Å². The maximum absolute atomic E-state index is 12.7. The number of aldehydes is 1. The Kier molecular flexibility index (Phi) is 3.92. The molecule has 0 aliphatic carbocycles. The van der Waals surface area contributed by atoms with Crippen molar-refractivity contribution in [2.45, 2.75) is 26.1 Å². The van der Waals surface area contributed by atoms with Crippen molar-refractivity contribution in [2.24, 2.45) is 0 Å². The van der Waals surface area contributed by atoms with Crippen LogP contribution in [0.3, 0.4) is 0 Å².